The van der Waals surface area contributed by atoms with Crippen molar-refractivity contribution in [1.29, 1.82) is 0 Å². The van der Waals surface area contributed by atoms with E-state index in [1.165, 1.54) is 23.0 Å². The molecule has 0 saturated heterocycles. The van der Waals surface area contributed by atoms with Gasteiger partial charge in [0.2, 0.25) is 0 Å². The van der Waals surface area contributed by atoms with Gasteiger partial charge in [0.1, 0.15) is 6.04 Å². The zero-order chi connectivity index (χ0) is 26.5. The fourth-order valence-electron chi connectivity index (χ4n) is 3.86. The van der Waals surface area contributed by atoms with Crippen LogP contribution in [0.2, 0.25) is 10.0 Å². The zero-order valence-electron chi connectivity index (χ0n) is 19.3. The van der Waals surface area contributed by atoms with E-state index in [0.717, 1.165) is 0 Å². The number of halogens is 2. The van der Waals surface area contributed by atoms with E-state index in [9.17, 15) is 24.6 Å². The second-order valence-electron chi connectivity index (χ2n) is 8.12. The molecule has 188 valence electrons. The summed E-state index contributed by atoms with van der Waals surface area (Å²) in [4.78, 5) is 37.8. The van der Waals surface area contributed by atoms with Crippen LogP contribution in [-0.4, -0.2) is 37.9 Å². The van der Waals surface area contributed by atoms with E-state index in [-0.39, 0.29) is 34.2 Å². The summed E-state index contributed by atoms with van der Waals surface area (Å²) in [5.74, 6) is -1.94. The highest BCUT2D eigenvalue weighted by Crippen LogP contribution is 2.25. The lowest BCUT2D eigenvalue weighted by Crippen LogP contribution is -2.42. The van der Waals surface area contributed by atoms with E-state index < -0.39 is 23.5 Å². The maximum Gasteiger partial charge on any atom is 0.326 e. The number of para-hydroxylation sites is 1. The van der Waals surface area contributed by atoms with Crippen molar-refractivity contribution in [2.45, 2.75) is 19.1 Å². The standard InChI is InChI=1S/C27H21Cl2N3O5/c28-20-7-4-8-21(29)24(20)25(34)31-22(27(36)37)13-16-9-11-17(12-10-16)23-18(15-33)14-30-32(26(23)35)19-5-2-1-3-6-19/h1-12,14,22,33H,13,15H2,(H,31,34)(H,36,37)/t22-/m0/s1. The van der Waals surface area contributed by atoms with E-state index in [4.69, 9.17) is 23.2 Å². The number of aliphatic hydroxyl groups is 1. The van der Waals surface area contributed by atoms with Crippen LogP contribution < -0.4 is 10.9 Å². The maximum absolute atomic E-state index is 13.3. The van der Waals surface area contributed by atoms with Crippen molar-refractivity contribution in [1.82, 2.24) is 15.1 Å². The molecule has 4 aromatic rings. The molecule has 8 nitrogen and oxygen atoms in total. The molecule has 1 aromatic heterocycles. The summed E-state index contributed by atoms with van der Waals surface area (Å²) in [5, 5.41) is 26.3. The molecule has 0 spiro atoms. The number of aliphatic hydroxyl groups excluding tert-OH is 1. The van der Waals surface area contributed by atoms with Crippen molar-refractivity contribution < 1.29 is 19.8 Å². The first kappa shape index (κ1) is 26.1. The average molecular weight is 538 g/mol. The minimum Gasteiger partial charge on any atom is -0.480 e. The number of hydrogen-bond acceptors (Lipinski definition) is 5. The van der Waals surface area contributed by atoms with Crippen LogP contribution in [-0.2, 0) is 17.8 Å². The molecule has 0 bridgehead atoms. The highest BCUT2D eigenvalue weighted by Gasteiger charge is 2.24. The van der Waals surface area contributed by atoms with Crippen LogP contribution in [0.15, 0.2) is 83.8 Å². The van der Waals surface area contributed by atoms with E-state index in [1.807, 2.05) is 6.07 Å². The fourth-order valence-corrected chi connectivity index (χ4v) is 4.43. The first-order chi connectivity index (χ1) is 17.8. The molecule has 0 fully saturated rings. The molecule has 37 heavy (non-hydrogen) atoms. The lowest BCUT2D eigenvalue weighted by atomic mass is 9.99. The number of amides is 1. The number of carboxylic acid groups (broad SMARTS) is 1. The molecule has 0 unspecified atom stereocenters. The first-order valence-corrected chi connectivity index (χ1v) is 11.9. The van der Waals surface area contributed by atoms with Crippen LogP contribution >= 0.6 is 23.2 Å². The Labute approximate surface area is 221 Å². The molecule has 0 radical (unpaired) electrons. The van der Waals surface area contributed by atoms with Crippen molar-refractivity contribution in [3.05, 3.63) is 116 Å². The smallest absolute Gasteiger partial charge is 0.326 e. The van der Waals surface area contributed by atoms with E-state index in [1.54, 1.807) is 54.6 Å². The number of hydrogen-bond donors (Lipinski definition) is 3. The first-order valence-electron chi connectivity index (χ1n) is 11.1. The molecular formula is C27H21Cl2N3O5. The quantitative estimate of drug-likeness (QED) is 0.310. The molecular weight excluding hydrogens is 517 g/mol. The highest BCUT2D eigenvalue weighted by atomic mass is 35.5. The number of nitrogens with zero attached hydrogens (tertiary/aromatic N) is 2. The third-order valence-electron chi connectivity index (χ3n) is 5.70. The molecule has 10 heteroatoms. The van der Waals surface area contributed by atoms with Gasteiger partial charge < -0.3 is 15.5 Å². The lowest BCUT2D eigenvalue weighted by molar-refractivity contribution is -0.139. The Balaban J connectivity index is 1.60. The van der Waals surface area contributed by atoms with Gasteiger partial charge in [0.05, 0.1) is 39.7 Å². The molecule has 3 N–H and O–H groups in total. The number of carboxylic acids is 1. The van der Waals surface area contributed by atoms with Crippen LogP contribution in [0.1, 0.15) is 21.5 Å². The number of aliphatic carboxylic acids is 1. The number of aromatic nitrogens is 2. The van der Waals surface area contributed by atoms with Gasteiger partial charge in [-0.25, -0.2) is 4.79 Å². The van der Waals surface area contributed by atoms with Crippen molar-refractivity contribution >= 4 is 35.1 Å². The van der Waals surface area contributed by atoms with Gasteiger partial charge in [0.25, 0.3) is 11.5 Å². The Morgan fingerprint density at radius 3 is 2.19 bits per heavy atom. The second kappa shape index (κ2) is 11.4. The van der Waals surface area contributed by atoms with Gasteiger partial charge in [-0.3, -0.25) is 9.59 Å². The second-order valence-corrected chi connectivity index (χ2v) is 8.93. The molecule has 1 amide bonds. The summed E-state index contributed by atoms with van der Waals surface area (Å²) in [6.07, 6.45) is 1.41. The zero-order valence-corrected chi connectivity index (χ0v) is 20.8. The van der Waals surface area contributed by atoms with Gasteiger partial charge in [-0.15, -0.1) is 0 Å². The summed E-state index contributed by atoms with van der Waals surface area (Å²) < 4.78 is 1.25. The van der Waals surface area contributed by atoms with Crippen LogP contribution in [0.4, 0.5) is 0 Å². The van der Waals surface area contributed by atoms with Gasteiger partial charge in [0, 0.05) is 12.0 Å². The normalized spacial score (nSPS) is 11.6. The Hall–Kier alpha value is -3.98. The number of rotatable bonds is 8. The molecule has 1 heterocycles. The topological polar surface area (TPSA) is 122 Å². The Kier molecular flexibility index (Phi) is 8.03. The van der Waals surface area contributed by atoms with Crippen molar-refractivity contribution in [3.63, 3.8) is 0 Å². The van der Waals surface area contributed by atoms with Crippen LogP contribution in [0.3, 0.4) is 0 Å². The number of carbonyl (C=O) groups is 2. The van der Waals surface area contributed by atoms with E-state index in [0.29, 0.717) is 22.4 Å². The Bertz CT molecular complexity index is 1480. The Morgan fingerprint density at radius 2 is 1.59 bits per heavy atom. The van der Waals surface area contributed by atoms with Crippen molar-refractivity contribution in [2.24, 2.45) is 0 Å². The SMILES string of the molecule is O=C(N[C@@H](Cc1ccc(-c2c(CO)cnn(-c3ccccc3)c2=O)cc1)C(=O)O)c1c(Cl)cccc1Cl. The monoisotopic (exact) mass is 537 g/mol. The number of benzene rings is 3. The van der Waals surface area contributed by atoms with Gasteiger partial charge >= 0.3 is 5.97 Å². The fraction of sp³-hybridized carbons (Fsp3) is 0.111. The minimum absolute atomic E-state index is 0.00338. The van der Waals surface area contributed by atoms with Crippen LogP contribution in [0.25, 0.3) is 16.8 Å². The van der Waals surface area contributed by atoms with E-state index >= 15 is 0 Å². The molecule has 0 aliphatic rings. The van der Waals surface area contributed by atoms with Gasteiger partial charge in [-0.1, -0.05) is 71.7 Å². The Morgan fingerprint density at radius 1 is 0.946 bits per heavy atom. The number of nitrogens with one attached hydrogen (secondary N) is 1. The summed E-state index contributed by atoms with van der Waals surface area (Å²) >= 11 is 12.1. The highest BCUT2D eigenvalue weighted by molar-refractivity contribution is 6.39. The molecule has 1 atom stereocenters. The minimum atomic E-state index is -1.25. The van der Waals surface area contributed by atoms with Gasteiger partial charge in [-0.2, -0.15) is 9.78 Å². The van der Waals surface area contributed by atoms with Gasteiger partial charge in [0.15, 0.2) is 0 Å². The average Bonchev–Trinajstić information content (AvgIpc) is 2.89. The van der Waals surface area contributed by atoms with Gasteiger partial charge in [-0.05, 0) is 35.4 Å². The van der Waals surface area contributed by atoms with Crippen molar-refractivity contribution in [2.75, 3.05) is 0 Å². The predicted octanol–water partition coefficient (Wildman–Crippen LogP) is 4.12. The predicted molar refractivity (Wildman–Crippen MR) is 140 cm³/mol. The lowest BCUT2D eigenvalue weighted by Gasteiger charge is -2.16. The maximum atomic E-state index is 13.3. The van der Waals surface area contributed by atoms with Crippen LogP contribution in [0.5, 0.6) is 0 Å². The summed E-state index contributed by atoms with van der Waals surface area (Å²) in [7, 11) is 0. The largest absolute Gasteiger partial charge is 0.480 e. The molecule has 0 saturated carbocycles. The molecule has 3 aromatic carbocycles. The summed E-state index contributed by atoms with van der Waals surface area (Å²) in [5.41, 5.74) is 1.94. The third kappa shape index (κ3) is 5.72. The number of carbonyl (C=O) groups excluding carboxylic acids is 1. The molecule has 4 rings (SSSR count). The molecule has 0 aliphatic carbocycles. The summed E-state index contributed by atoms with van der Waals surface area (Å²) in [6, 6.07) is 18.8. The van der Waals surface area contributed by atoms with Crippen molar-refractivity contribution in [3.8, 4) is 16.8 Å². The van der Waals surface area contributed by atoms with Crippen LogP contribution in [0, 0.1) is 0 Å². The third-order valence-corrected chi connectivity index (χ3v) is 6.33. The summed E-state index contributed by atoms with van der Waals surface area (Å²) in [6.45, 7) is -0.382. The van der Waals surface area contributed by atoms with E-state index in [2.05, 4.69) is 10.4 Å². The molecule has 0 aliphatic heterocycles.